The van der Waals surface area contributed by atoms with Gasteiger partial charge in [-0.15, -0.1) is 0 Å². The zero-order valence-corrected chi connectivity index (χ0v) is 18.8. The first-order valence-electron chi connectivity index (χ1n) is 10.4. The molecule has 0 spiro atoms. The van der Waals surface area contributed by atoms with Gasteiger partial charge < -0.3 is 15.3 Å². The lowest BCUT2D eigenvalue weighted by Crippen LogP contribution is -2.35. The number of sulfone groups is 1. The summed E-state index contributed by atoms with van der Waals surface area (Å²) in [6.45, 7) is 6.26. The lowest BCUT2D eigenvalue weighted by molar-refractivity contribution is -0.117. The summed E-state index contributed by atoms with van der Waals surface area (Å²) >= 11 is 0. The van der Waals surface area contributed by atoms with Crippen LogP contribution < -0.4 is 10.2 Å². The number of rotatable bonds is 8. The van der Waals surface area contributed by atoms with Crippen molar-refractivity contribution >= 4 is 27.5 Å². The zero-order valence-electron chi connectivity index (χ0n) is 18.0. The van der Waals surface area contributed by atoms with E-state index >= 15 is 0 Å². The molecule has 2 N–H and O–H groups in total. The van der Waals surface area contributed by atoms with Crippen LogP contribution in [-0.4, -0.2) is 47.9 Å². The molecule has 1 aliphatic rings. The highest BCUT2D eigenvalue weighted by Gasteiger charge is 2.30. The Morgan fingerprint density at radius 1 is 1.23 bits per heavy atom. The maximum atomic E-state index is 13.5. The molecule has 1 fully saturated rings. The molecule has 2 aromatic rings. The first-order chi connectivity index (χ1) is 14.7. The Labute approximate surface area is 182 Å². The van der Waals surface area contributed by atoms with Crippen molar-refractivity contribution in [3.63, 3.8) is 0 Å². The number of amides is 2. The second kappa shape index (κ2) is 9.09. The van der Waals surface area contributed by atoms with E-state index in [1.807, 2.05) is 13.8 Å². The van der Waals surface area contributed by atoms with E-state index in [4.69, 9.17) is 5.11 Å². The topological polar surface area (TPSA) is 122 Å². The highest BCUT2D eigenvalue weighted by molar-refractivity contribution is 7.91. The first kappa shape index (κ1) is 22.8. The van der Waals surface area contributed by atoms with Crippen molar-refractivity contribution in [2.45, 2.75) is 68.8 Å². The van der Waals surface area contributed by atoms with Gasteiger partial charge in [-0.3, -0.25) is 9.48 Å². The normalized spacial score (nSPS) is 15.3. The maximum Gasteiger partial charge on any atom is 0.404 e. The van der Waals surface area contributed by atoms with Gasteiger partial charge >= 0.3 is 6.09 Å². The van der Waals surface area contributed by atoms with E-state index in [1.54, 1.807) is 28.6 Å². The maximum absolute atomic E-state index is 13.5. The Kier molecular flexibility index (Phi) is 6.68. The SMILES string of the molecule is CCc1nn(C[C@H](C)NC(=O)O)c(CC)c1S(=O)(=O)c1ccc(N2CCCC2=O)cc1. The molecule has 3 rings (SSSR count). The molecular weight excluding hydrogens is 420 g/mol. The molecule has 0 aliphatic carbocycles. The molecule has 31 heavy (non-hydrogen) atoms. The van der Waals surface area contributed by atoms with Crippen LogP contribution in [-0.2, 0) is 34.0 Å². The molecule has 2 amide bonds. The fraction of sp³-hybridized carbons (Fsp3) is 0.476. The standard InChI is InChI=1S/C21H28N4O5S/c1-4-17-20(18(5-2)25(23-17)13-14(3)22-21(27)28)31(29,30)16-10-8-15(9-11-16)24-12-6-7-19(24)26/h8-11,14,22H,4-7,12-13H2,1-3H3,(H,27,28)/t14-/m0/s1. The summed E-state index contributed by atoms with van der Waals surface area (Å²) in [5, 5.41) is 15.8. The number of anilines is 1. The Bertz CT molecular complexity index is 1080. The number of carbonyl (C=O) groups is 2. The fourth-order valence-corrected chi connectivity index (χ4v) is 5.72. The summed E-state index contributed by atoms with van der Waals surface area (Å²) in [4.78, 5) is 24.9. The number of carbonyl (C=O) groups excluding carboxylic acids is 1. The van der Waals surface area contributed by atoms with E-state index in [9.17, 15) is 18.0 Å². The van der Waals surface area contributed by atoms with Crippen molar-refractivity contribution in [3.05, 3.63) is 35.7 Å². The lowest BCUT2D eigenvalue weighted by atomic mass is 10.2. The molecule has 2 heterocycles. The van der Waals surface area contributed by atoms with Crippen LogP contribution in [0.4, 0.5) is 10.5 Å². The van der Waals surface area contributed by atoms with Crippen molar-refractivity contribution in [2.24, 2.45) is 0 Å². The number of benzene rings is 1. The van der Waals surface area contributed by atoms with E-state index in [2.05, 4.69) is 10.4 Å². The number of nitrogens with zero attached hydrogens (tertiary/aromatic N) is 3. The summed E-state index contributed by atoms with van der Waals surface area (Å²) in [5.74, 6) is 0.0440. The van der Waals surface area contributed by atoms with E-state index in [1.165, 1.54) is 12.1 Å². The summed E-state index contributed by atoms with van der Waals surface area (Å²) < 4.78 is 28.6. The number of nitrogens with one attached hydrogen (secondary N) is 1. The third-order valence-electron chi connectivity index (χ3n) is 5.36. The Morgan fingerprint density at radius 3 is 2.42 bits per heavy atom. The zero-order chi connectivity index (χ0) is 22.8. The summed E-state index contributed by atoms with van der Waals surface area (Å²) in [6, 6.07) is 5.95. The second-order valence-corrected chi connectivity index (χ2v) is 9.50. The van der Waals surface area contributed by atoms with Gasteiger partial charge in [0.25, 0.3) is 0 Å². The first-order valence-corrected chi connectivity index (χ1v) is 11.9. The van der Waals surface area contributed by atoms with E-state index in [-0.39, 0.29) is 22.2 Å². The quantitative estimate of drug-likeness (QED) is 0.640. The van der Waals surface area contributed by atoms with Gasteiger partial charge in [-0.25, -0.2) is 13.2 Å². The summed E-state index contributed by atoms with van der Waals surface area (Å²) in [6.07, 6.45) is 1.02. The molecular formula is C21H28N4O5S. The molecule has 1 aromatic heterocycles. The smallest absolute Gasteiger partial charge is 0.404 e. The van der Waals surface area contributed by atoms with Gasteiger partial charge in [0.1, 0.15) is 4.90 Å². The average molecular weight is 449 g/mol. The van der Waals surface area contributed by atoms with Crippen molar-refractivity contribution in [2.75, 3.05) is 11.4 Å². The molecule has 10 heteroatoms. The predicted octanol–water partition coefficient (Wildman–Crippen LogP) is 2.62. The molecule has 1 aromatic carbocycles. The fourth-order valence-electron chi connectivity index (χ4n) is 3.93. The highest BCUT2D eigenvalue weighted by Crippen LogP contribution is 2.30. The number of hydrogen-bond donors (Lipinski definition) is 2. The van der Waals surface area contributed by atoms with Crippen LogP contribution in [0.5, 0.6) is 0 Å². The summed E-state index contributed by atoms with van der Waals surface area (Å²) in [5.41, 5.74) is 1.70. The van der Waals surface area contributed by atoms with Gasteiger partial charge in [-0.05, 0) is 50.5 Å². The highest BCUT2D eigenvalue weighted by atomic mass is 32.2. The molecule has 1 atom stereocenters. The van der Waals surface area contributed by atoms with Crippen molar-refractivity contribution < 1.29 is 23.1 Å². The number of aryl methyl sites for hydroxylation is 1. The van der Waals surface area contributed by atoms with Crippen LogP contribution in [0.3, 0.4) is 0 Å². The Hall–Kier alpha value is -2.88. The van der Waals surface area contributed by atoms with Gasteiger partial charge in [-0.1, -0.05) is 13.8 Å². The largest absolute Gasteiger partial charge is 0.465 e. The lowest BCUT2D eigenvalue weighted by Gasteiger charge is -2.16. The van der Waals surface area contributed by atoms with E-state index in [0.29, 0.717) is 42.9 Å². The molecule has 9 nitrogen and oxygen atoms in total. The summed E-state index contributed by atoms with van der Waals surface area (Å²) in [7, 11) is -3.84. The van der Waals surface area contributed by atoms with E-state index in [0.717, 1.165) is 6.42 Å². The molecule has 1 aliphatic heterocycles. The van der Waals surface area contributed by atoms with Gasteiger partial charge in [0.15, 0.2) is 0 Å². The van der Waals surface area contributed by atoms with Crippen LogP contribution >= 0.6 is 0 Å². The van der Waals surface area contributed by atoms with Crippen LogP contribution in [0.25, 0.3) is 0 Å². The minimum Gasteiger partial charge on any atom is -0.465 e. The third kappa shape index (κ3) is 4.58. The van der Waals surface area contributed by atoms with Crippen LogP contribution in [0, 0.1) is 0 Å². The van der Waals surface area contributed by atoms with Crippen molar-refractivity contribution in [1.82, 2.24) is 15.1 Å². The number of hydrogen-bond acceptors (Lipinski definition) is 5. The Morgan fingerprint density at radius 2 is 1.90 bits per heavy atom. The van der Waals surface area contributed by atoms with Crippen molar-refractivity contribution in [3.8, 4) is 0 Å². The molecule has 0 saturated carbocycles. The number of aromatic nitrogens is 2. The molecule has 1 saturated heterocycles. The minimum atomic E-state index is -3.84. The van der Waals surface area contributed by atoms with Crippen LogP contribution in [0.15, 0.2) is 34.1 Å². The Balaban J connectivity index is 1.98. The third-order valence-corrected chi connectivity index (χ3v) is 7.27. The monoisotopic (exact) mass is 448 g/mol. The average Bonchev–Trinajstić information content (AvgIpc) is 3.30. The number of carboxylic acid groups (broad SMARTS) is 1. The minimum absolute atomic E-state index is 0.0440. The predicted molar refractivity (Wildman–Crippen MR) is 115 cm³/mol. The second-order valence-electron chi connectivity index (χ2n) is 7.61. The van der Waals surface area contributed by atoms with Crippen molar-refractivity contribution in [1.29, 1.82) is 0 Å². The molecule has 168 valence electrons. The van der Waals surface area contributed by atoms with E-state index < -0.39 is 22.0 Å². The van der Waals surface area contributed by atoms with Crippen LogP contribution in [0.2, 0.25) is 0 Å². The molecule has 0 radical (unpaired) electrons. The molecule has 0 unspecified atom stereocenters. The van der Waals surface area contributed by atoms with Gasteiger partial charge in [-0.2, -0.15) is 5.10 Å². The van der Waals surface area contributed by atoms with Crippen LogP contribution in [0.1, 0.15) is 45.0 Å². The van der Waals surface area contributed by atoms with Gasteiger partial charge in [0.05, 0.1) is 22.8 Å². The molecule has 0 bridgehead atoms. The van der Waals surface area contributed by atoms with Gasteiger partial charge in [0, 0.05) is 24.7 Å². The van der Waals surface area contributed by atoms with Gasteiger partial charge in [0.2, 0.25) is 15.7 Å².